The van der Waals surface area contributed by atoms with Crippen LogP contribution in [0, 0.1) is 0 Å². The van der Waals surface area contributed by atoms with Crippen LogP contribution in [0.25, 0.3) is 22.1 Å². The van der Waals surface area contributed by atoms with Crippen molar-refractivity contribution in [2.24, 2.45) is 0 Å². The highest BCUT2D eigenvalue weighted by Gasteiger charge is 2.18. The first-order chi connectivity index (χ1) is 9.50. The van der Waals surface area contributed by atoms with Gasteiger partial charge in [0, 0.05) is 17.3 Å². The number of nitrogen functional groups attached to an aromatic ring is 2. The zero-order valence-electron chi connectivity index (χ0n) is 9.95. The van der Waals surface area contributed by atoms with E-state index in [1.807, 2.05) is 0 Å². The van der Waals surface area contributed by atoms with Gasteiger partial charge in [0.25, 0.3) is 0 Å². The van der Waals surface area contributed by atoms with Gasteiger partial charge >= 0.3 is 0 Å². The van der Waals surface area contributed by atoms with Gasteiger partial charge in [0.15, 0.2) is 5.58 Å². The molecule has 0 atom stereocenters. The summed E-state index contributed by atoms with van der Waals surface area (Å²) in [5.41, 5.74) is 13.8. The van der Waals surface area contributed by atoms with Crippen LogP contribution in [0.3, 0.4) is 0 Å². The predicted molar refractivity (Wildman–Crippen MR) is 83.3 cm³/mol. The van der Waals surface area contributed by atoms with Crippen LogP contribution >= 0.6 is 34.8 Å². The average Bonchev–Trinajstić information content (AvgIpc) is 2.72. The van der Waals surface area contributed by atoms with Crippen LogP contribution in [0.4, 0.5) is 11.6 Å². The Hall–Kier alpha value is -1.62. The molecule has 0 saturated heterocycles. The van der Waals surface area contributed by atoms with Gasteiger partial charge in [0.05, 0.1) is 26.7 Å². The predicted octanol–water partition coefficient (Wildman–Crippen LogP) is 4.62. The summed E-state index contributed by atoms with van der Waals surface area (Å²) in [6, 6.07) is 3.40. The van der Waals surface area contributed by atoms with E-state index in [2.05, 4.69) is 4.98 Å². The largest absolute Gasteiger partial charge is 0.437 e. The van der Waals surface area contributed by atoms with Crippen LogP contribution in [0.15, 0.2) is 28.9 Å². The van der Waals surface area contributed by atoms with Crippen LogP contribution in [0.2, 0.25) is 15.1 Å². The Kier molecular flexibility index (Phi) is 3.17. The Balaban J connectivity index is 2.38. The van der Waals surface area contributed by atoms with E-state index in [4.69, 9.17) is 50.7 Å². The van der Waals surface area contributed by atoms with Gasteiger partial charge in [-0.1, -0.05) is 40.9 Å². The fourth-order valence-electron chi connectivity index (χ4n) is 2.03. The van der Waals surface area contributed by atoms with Crippen molar-refractivity contribution in [3.05, 3.63) is 39.6 Å². The van der Waals surface area contributed by atoms with E-state index in [9.17, 15) is 0 Å². The Morgan fingerprint density at radius 3 is 2.45 bits per heavy atom. The van der Waals surface area contributed by atoms with Gasteiger partial charge in [0.2, 0.25) is 5.88 Å². The number of nitrogens with zero attached hydrogens (tertiary/aromatic N) is 1. The molecule has 2 heterocycles. The average molecular weight is 329 g/mol. The molecule has 0 unspecified atom stereocenters. The maximum absolute atomic E-state index is 6.25. The second-order valence-corrected chi connectivity index (χ2v) is 5.33. The molecule has 0 fully saturated rings. The number of benzene rings is 1. The van der Waals surface area contributed by atoms with E-state index < -0.39 is 0 Å². The topological polar surface area (TPSA) is 78.1 Å². The molecule has 0 bridgehead atoms. The van der Waals surface area contributed by atoms with Crippen molar-refractivity contribution in [2.75, 3.05) is 11.5 Å². The molecule has 102 valence electrons. The minimum Gasteiger partial charge on any atom is -0.437 e. The third-order valence-electron chi connectivity index (χ3n) is 2.99. The third kappa shape index (κ3) is 1.88. The zero-order chi connectivity index (χ0) is 14.4. The summed E-state index contributed by atoms with van der Waals surface area (Å²) >= 11 is 18.2. The SMILES string of the molecule is Nc1oc2cncc(-c3ccc(Cl)c(Cl)c3Cl)c2c1N. The molecule has 1 aromatic carbocycles. The van der Waals surface area contributed by atoms with Crippen molar-refractivity contribution in [2.45, 2.75) is 0 Å². The molecule has 4 nitrogen and oxygen atoms in total. The number of rotatable bonds is 1. The summed E-state index contributed by atoms with van der Waals surface area (Å²) in [6.45, 7) is 0. The number of fused-ring (bicyclic) bond motifs is 1. The molecule has 20 heavy (non-hydrogen) atoms. The molecule has 7 heteroatoms. The van der Waals surface area contributed by atoms with E-state index in [-0.39, 0.29) is 10.9 Å². The van der Waals surface area contributed by atoms with Crippen molar-refractivity contribution in [1.29, 1.82) is 0 Å². The summed E-state index contributed by atoms with van der Waals surface area (Å²) in [5, 5.41) is 1.63. The Morgan fingerprint density at radius 2 is 1.70 bits per heavy atom. The monoisotopic (exact) mass is 327 g/mol. The van der Waals surface area contributed by atoms with Gasteiger partial charge in [0.1, 0.15) is 5.69 Å². The maximum atomic E-state index is 6.25. The lowest BCUT2D eigenvalue weighted by molar-refractivity contribution is 0.637. The van der Waals surface area contributed by atoms with Crippen molar-refractivity contribution in [3.63, 3.8) is 0 Å². The maximum Gasteiger partial charge on any atom is 0.214 e. The van der Waals surface area contributed by atoms with E-state index >= 15 is 0 Å². The molecule has 0 radical (unpaired) electrons. The number of hydrogen-bond donors (Lipinski definition) is 2. The third-order valence-corrected chi connectivity index (χ3v) is 4.28. The summed E-state index contributed by atoms with van der Waals surface area (Å²) in [6.07, 6.45) is 3.16. The van der Waals surface area contributed by atoms with Crippen LogP contribution in [0.1, 0.15) is 0 Å². The smallest absolute Gasteiger partial charge is 0.214 e. The number of pyridine rings is 1. The number of nitrogens with two attached hydrogens (primary N) is 2. The van der Waals surface area contributed by atoms with Crippen LogP contribution in [0.5, 0.6) is 0 Å². The molecule has 0 aliphatic heterocycles. The molecule has 3 rings (SSSR count). The second kappa shape index (κ2) is 4.74. The van der Waals surface area contributed by atoms with Crippen molar-refractivity contribution >= 4 is 57.3 Å². The summed E-state index contributed by atoms with van der Waals surface area (Å²) in [7, 11) is 0. The number of aromatic nitrogens is 1. The molecule has 0 aliphatic rings. The van der Waals surface area contributed by atoms with Crippen LogP contribution in [-0.4, -0.2) is 4.98 Å². The number of halogens is 3. The molecule has 4 N–H and O–H groups in total. The van der Waals surface area contributed by atoms with Gasteiger partial charge in [-0.15, -0.1) is 0 Å². The lowest BCUT2D eigenvalue weighted by Gasteiger charge is -2.08. The number of anilines is 2. The molecule has 0 amide bonds. The van der Waals surface area contributed by atoms with Crippen LogP contribution in [-0.2, 0) is 0 Å². The Morgan fingerprint density at radius 1 is 0.950 bits per heavy atom. The minimum atomic E-state index is 0.144. The Bertz CT molecular complexity index is 829. The van der Waals surface area contributed by atoms with Gasteiger partial charge in [-0.3, -0.25) is 4.98 Å². The molecule has 0 aliphatic carbocycles. The Labute approximate surface area is 129 Å². The standard InChI is InChI=1S/C13H8Cl3N3O/c14-7-2-1-5(10(15)11(7)16)6-3-19-4-8-9(6)12(17)13(18)20-8/h1-4H,17-18H2. The summed E-state index contributed by atoms with van der Waals surface area (Å²) < 4.78 is 5.34. The second-order valence-electron chi connectivity index (χ2n) is 4.16. The molecule has 3 aromatic rings. The highest BCUT2D eigenvalue weighted by atomic mass is 35.5. The van der Waals surface area contributed by atoms with Gasteiger partial charge < -0.3 is 15.9 Å². The highest BCUT2D eigenvalue weighted by molar-refractivity contribution is 6.49. The van der Waals surface area contributed by atoms with E-state index in [1.54, 1.807) is 18.3 Å². The lowest BCUT2D eigenvalue weighted by Crippen LogP contribution is -1.91. The van der Waals surface area contributed by atoms with Gasteiger partial charge in [-0.2, -0.15) is 0 Å². The van der Waals surface area contributed by atoms with E-state index in [0.717, 1.165) is 0 Å². The van der Waals surface area contributed by atoms with Crippen molar-refractivity contribution in [3.8, 4) is 11.1 Å². The first-order valence-corrected chi connectivity index (χ1v) is 6.69. The van der Waals surface area contributed by atoms with E-state index in [0.29, 0.717) is 37.8 Å². The van der Waals surface area contributed by atoms with Crippen LogP contribution < -0.4 is 11.5 Å². The highest BCUT2D eigenvalue weighted by Crippen LogP contribution is 2.43. The minimum absolute atomic E-state index is 0.144. The number of hydrogen-bond acceptors (Lipinski definition) is 4. The zero-order valence-corrected chi connectivity index (χ0v) is 12.2. The van der Waals surface area contributed by atoms with E-state index in [1.165, 1.54) is 6.20 Å². The molecule has 0 spiro atoms. The molecular weight excluding hydrogens is 321 g/mol. The summed E-state index contributed by atoms with van der Waals surface area (Å²) in [5.74, 6) is 0.144. The quantitative estimate of drug-likeness (QED) is 0.639. The van der Waals surface area contributed by atoms with Gasteiger partial charge in [-0.25, -0.2) is 0 Å². The number of furan rings is 1. The molecular formula is C13H8Cl3N3O. The van der Waals surface area contributed by atoms with Crippen molar-refractivity contribution < 1.29 is 4.42 Å². The fourth-order valence-corrected chi connectivity index (χ4v) is 2.67. The summed E-state index contributed by atoms with van der Waals surface area (Å²) in [4.78, 5) is 4.10. The normalized spacial score (nSPS) is 11.2. The first-order valence-electron chi connectivity index (χ1n) is 5.56. The molecule has 0 saturated carbocycles. The lowest BCUT2D eigenvalue weighted by atomic mass is 10.0. The first kappa shape index (κ1) is 13.4. The van der Waals surface area contributed by atoms with Gasteiger partial charge in [-0.05, 0) is 6.07 Å². The fraction of sp³-hybridized carbons (Fsp3) is 0. The molecule has 2 aromatic heterocycles. The van der Waals surface area contributed by atoms with Crippen molar-refractivity contribution in [1.82, 2.24) is 4.98 Å².